The maximum Gasteiger partial charge on any atom is 0.0424 e. The highest BCUT2D eigenvalue weighted by Crippen LogP contribution is 1.90. The minimum atomic E-state index is 0.1000. The SMILES string of the molecule is C=CN=C(C)C(N)CC. The quantitative estimate of drug-likeness (QED) is 0.569. The standard InChI is InChI=1S/C7H14N2/c1-4-7(8)6(3)9-5-2/h5,7H,2,4,8H2,1,3H3. The second-order valence-electron chi connectivity index (χ2n) is 1.97. The van der Waals surface area contributed by atoms with Crippen molar-refractivity contribution in [2.24, 2.45) is 10.7 Å². The molecule has 1 atom stereocenters. The van der Waals surface area contributed by atoms with Crippen molar-refractivity contribution in [2.45, 2.75) is 26.3 Å². The van der Waals surface area contributed by atoms with Gasteiger partial charge in [0.05, 0.1) is 0 Å². The van der Waals surface area contributed by atoms with Crippen LogP contribution in [0.2, 0.25) is 0 Å². The molecule has 0 aromatic rings. The fourth-order valence-electron chi connectivity index (χ4n) is 0.535. The molecule has 0 saturated carbocycles. The van der Waals surface area contributed by atoms with Crippen LogP contribution in [0.1, 0.15) is 20.3 Å². The van der Waals surface area contributed by atoms with Crippen LogP contribution in [-0.4, -0.2) is 11.8 Å². The summed E-state index contributed by atoms with van der Waals surface area (Å²) in [5, 5.41) is 0. The Morgan fingerprint density at radius 2 is 2.44 bits per heavy atom. The van der Waals surface area contributed by atoms with E-state index in [1.165, 1.54) is 6.20 Å². The van der Waals surface area contributed by atoms with Crippen LogP contribution in [-0.2, 0) is 0 Å². The minimum Gasteiger partial charge on any atom is -0.323 e. The van der Waals surface area contributed by atoms with Gasteiger partial charge in [-0.1, -0.05) is 13.5 Å². The van der Waals surface area contributed by atoms with Crippen LogP contribution < -0.4 is 5.73 Å². The van der Waals surface area contributed by atoms with Crippen LogP contribution >= 0.6 is 0 Å². The predicted molar refractivity (Wildman–Crippen MR) is 41.6 cm³/mol. The number of aliphatic imine (C=N–C) groups is 1. The van der Waals surface area contributed by atoms with Crippen molar-refractivity contribution in [3.05, 3.63) is 12.8 Å². The average Bonchev–Trinajstić information content (AvgIpc) is 1.87. The van der Waals surface area contributed by atoms with Crippen LogP contribution in [0.15, 0.2) is 17.8 Å². The maximum absolute atomic E-state index is 5.62. The zero-order chi connectivity index (χ0) is 7.28. The van der Waals surface area contributed by atoms with Crippen molar-refractivity contribution in [2.75, 3.05) is 0 Å². The zero-order valence-electron chi connectivity index (χ0n) is 6.09. The van der Waals surface area contributed by atoms with Gasteiger partial charge in [0.25, 0.3) is 0 Å². The molecule has 2 nitrogen and oxygen atoms in total. The number of nitrogens with two attached hydrogens (primary N) is 1. The van der Waals surface area contributed by atoms with Gasteiger partial charge in [0.15, 0.2) is 0 Å². The highest BCUT2D eigenvalue weighted by molar-refractivity contribution is 5.87. The van der Waals surface area contributed by atoms with Crippen molar-refractivity contribution < 1.29 is 0 Å². The van der Waals surface area contributed by atoms with Gasteiger partial charge in [0.2, 0.25) is 0 Å². The van der Waals surface area contributed by atoms with Crippen LogP contribution in [0.5, 0.6) is 0 Å². The number of nitrogens with zero attached hydrogens (tertiary/aromatic N) is 1. The molecular formula is C7H14N2. The lowest BCUT2D eigenvalue weighted by molar-refractivity contribution is 0.815. The molecule has 0 saturated heterocycles. The molecule has 0 fully saturated rings. The van der Waals surface area contributed by atoms with Gasteiger partial charge in [-0.3, -0.25) is 4.99 Å². The van der Waals surface area contributed by atoms with Crippen LogP contribution in [0, 0.1) is 0 Å². The van der Waals surface area contributed by atoms with E-state index in [1.807, 2.05) is 13.8 Å². The molecule has 0 aliphatic rings. The van der Waals surface area contributed by atoms with Gasteiger partial charge in [-0.2, -0.15) is 0 Å². The molecule has 0 aliphatic heterocycles. The molecule has 52 valence electrons. The van der Waals surface area contributed by atoms with Crippen LogP contribution in [0.3, 0.4) is 0 Å². The Morgan fingerprint density at radius 3 is 2.78 bits per heavy atom. The van der Waals surface area contributed by atoms with E-state index in [2.05, 4.69) is 11.6 Å². The number of hydrogen-bond donors (Lipinski definition) is 1. The van der Waals surface area contributed by atoms with E-state index in [9.17, 15) is 0 Å². The Labute approximate surface area is 56.5 Å². The maximum atomic E-state index is 5.62. The molecule has 0 aliphatic carbocycles. The van der Waals surface area contributed by atoms with Crippen LogP contribution in [0.25, 0.3) is 0 Å². The Bertz CT molecular complexity index is 116. The summed E-state index contributed by atoms with van der Waals surface area (Å²) in [6, 6.07) is 0.1000. The summed E-state index contributed by atoms with van der Waals surface area (Å²) in [5.41, 5.74) is 6.58. The minimum absolute atomic E-state index is 0.1000. The lowest BCUT2D eigenvalue weighted by Crippen LogP contribution is -2.26. The summed E-state index contributed by atoms with van der Waals surface area (Å²) in [6.45, 7) is 7.42. The van der Waals surface area contributed by atoms with E-state index in [0.29, 0.717) is 0 Å². The summed E-state index contributed by atoms with van der Waals surface area (Å²) in [4.78, 5) is 3.95. The molecule has 0 amide bonds. The summed E-state index contributed by atoms with van der Waals surface area (Å²) in [6.07, 6.45) is 2.45. The Hall–Kier alpha value is -0.630. The molecular weight excluding hydrogens is 112 g/mol. The predicted octanol–water partition coefficient (Wildman–Crippen LogP) is 1.33. The molecule has 2 heteroatoms. The van der Waals surface area contributed by atoms with E-state index in [0.717, 1.165) is 12.1 Å². The van der Waals surface area contributed by atoms with Crippen LogP contribution in [0.4, 0.5) is 0 Å². The smallest absolute Gasteiger partial charge is 0.0424 e. The van der Waals surface area contributed by atoms with Gasteiger partial charge in [-0.25, -0.2) is 0 Å². The monoisotopic (exact) mass is 126 g/mol. The van der Waals surface area contributed by atoms with E-state index < -0.39 is 0 Å². The third-order valence-electron chi connectivity index (χ3n) is 1.27. The molecule has 0 aromatic heterocycles. The average molecular weight is 126 g/mol. The highest BCUT2D eigenvalue weighted by Gasteiger charge is 1.99. The van der Waals surface area contributed by atoms with Gasteiger partial charge in [-0.15, -0.1) is 0 Å². The molecule has 9 heavy (non-hydrogen) atoms. The van der Waals surface area contributed by atoms with Gasteiger partial charge < -0.3 is 5.73 Å². The van der Waals surface area contributed by atoms with E-state index in [4.69, 9.17) is 5.73 Å². The second-order valence-corrected chi connectivity index (χ2v) is 1.97. The summed E-state index contributed by atoms with van der Waals surface area (Å²) in [7, 11) is 0. The first-order chi connectivity index (χ1) is 4.22. The van der Waals surface area contributed by atoms with Gasteiger partial charge in [-0.05, 0) is 13.3 Å². The molecule has 0 rings (SSSR count). The first kappa shape index (κ1) is 8.37. The molecule has 1 unspecified atom stereocenters. The van der Waals surface area contributed by atoms with Gasteiger partial charge in [0.1, 0.15) is 0 Å². The van der Waals surface area contributed by atoms with Gasteiger partial charge in [0, 0.05) is 18.0 Å². The lowest BCUT2D eigenvalue weighted by Gasteiger charge is -2.05. The molecule has 0 spiro atoms. The van der Waals surface area contributed by atoms with Crippen molar-refractivity contribution in [1.82, 2.24) is 0 Å². The third-order valence-corrected chi connectivity index (χ3v) is 1.27. The molecule has 0 radical (unpaired) electrons. The highest BCUT2D eigenvalue weighted by atomic mass is 14.8. The topological polar surface area (TPSA) is 38.4 Å². The second kappa shape index (κ2) is 4.27. The van der Waals surface area contributed by atoms with Gasteiger partial charge >= 0.3 is 0 Å². The Kier molecular flexibility index (Phi) is 3.97. The zero-order valence-corrected chi connectivity index (χ0v) is 6.09. The van der Waals surface area contributed by atoms with Crippen molar-refractivity contribution in [3.63, 3.8) is 0 Å². The number of rotatable bonds is 3. The first-order valence-electron chi connectivity index (χ1n) is 3.13. The Morgan fingerprint density at radius 1 is 1.89 bits per heavy atom. The summed E-state index contributed by atoms with van der Waals surface area (Å²) < 4.78 is 0. The van der Waals surface area contributed by atoms with Crippen molar-refractivity contribution >= 4 is 5.71 Å². The summed E-state index contributed by atoms with van der Waals surface area (Å²) in [5.74, 6) is 0. The lowest BCUT2D eigenvalue weighted by atomic mass is 10.1. The normalized spacial score (nSPS) is 15.2. The third kappa shape index (κ3) is 3.03. The van der Waals surface area contributed by atoms with E-state index in [1.54, 1.807) is 0 Å². The molecule has 0 bridgehead atoms. The first-order valence-corrected chi connectivity index (χ1v) is 3.13. The fraction of sp³-hybridized carbons (Fsp3) is 0.571. The van der Waals surface area contributed by atoms with E-state index >= 15 is 0 Å². The number of hydrogen-bond acceptors (Lipinski definition) is 2. The Balaban J connectivity index is 3.84. The molecule has 2 N–H and O–H groups in total. The molecule has 0 heterocycles. The van der Waals surface area contributed by atoms with Crippen molar-refractivity contribution in [1.29, 1.82) is 0 Å². The molecule has 0 aromatic carbocycles. The van der Waals surface area contributed by atoms with E-state index in [-0.39, 0.29) is 6.04 Å². The largest absolute Gasteiger partial charge is 0.323 e. The summed E-state index contributed by atoms with van der Waals surface area (Å²) >= 11 is 0. The fourth-order valence-corrected chi connectivity index (χ4v) is 0.535. The van der Waals surface area contributed by atoms with Crippen molar-refractivity contribution in [3.8, 4) is 0 Å².